The zero-order chi connectivity index (χ0) is 20.3. The van der Waals surface area contributed by atoms with Crippen molar-refractivity contribution < 1.29 is 13.3 Å². The van der Waals surface area contributed by atoms with E-state index in [1.54, 1.807) is 16.4 Å². The molecule has 1 N–H and O–H groups in total. The van der Waals surface area contributed by atoms with Crippen LogP contribution >= 0.6 is 0 Å². The average molecular weight is 410 g/mol. The van der Waals surface area contributed by atoms with Gasteiger partial charge in [0.15, 0.2) is 0 Å². The molecule has 1 saturated heterocycles. The highest BCUT2D eigenvalue weighted by Crippen LogP contribution is 2.19. The van der Waals surface area contributed by atoms with Crippen LogP contribution < -0.4 is 4.90 Å². The summed E-state index contributed by atoms with van der Waals surface area (Å²) in [6, 6.07) is 22.3. The van der Waals surface area contributed by atoms with Gasteiger partial charge in [-0.2, -0.15) is 4.31 Å². The Labute approximate surface area is 173 Å². The van der Waals surface area contributed by atoms with Gasteiger partial charge < -0.3 is 4.90 Å². The van der Waals surface area contributed by atoms with Crippen molar-refractivity contribution in [1.82, 2.24) is 4.31 Å². The van der Waals surface area contributed by atoms with Gasteiger partial charge in [-0.25, -0.2) is 8.42 Å². The Morgan fingerprint density at radius 1 is 0.897 bits per heavy atom. The molecule has 0 unspecified atom stereocenters. The van der Waals surface area contributed by atoms with E-state index in [1.807, 2.05) is 12.1 Å². The van der Waals surface area contributed by atoms with E-state index in [0.717, 1.165) is 32.5 Å². The van der Waals surface area contributed by atoms with Gasteiger partial charge in [0.2, 0.25) is 10.0 Å². The van der Waals surface area contributed by atoms with Gasteiger partial charge in [-0.1, -0.05) is 67.9 Å². The minimum absolute atomic E-state index is 0.412. The van der Waals surface area contributed by atoms with E-state index in [4.69, 9.17) is 0 Å². The first-order valence-corrected chi connectivity index (χ1v) is 11.9. The molecule has 1 heterocycles. The third kappa shape index (κ3) is 4.37. The van der Waals surface area contributed by atoms with E-state index in [2.05, 4.69) is 49.4 Å². The van der Waals surface area contributed by atoms with Crippen LogP contribution in [0.3, 0.4) is 0 Å². The highest BCUT2D eigenvalue weighted by atomic mass is 32.2. The highest BCUT2D eigenvalue weighted by Gasteiger charge is 2.30. The molecule has 0 saturated carbocycles. The van der Waals surface area contributed by atoms with Gasteiger partial charge in [0, 0.05) is 5.56 Å². The largest absolute Gasteiger partial charge is 0.329 e. The Hall–Kier alpha value is -2.21. The third-order valence-electron chi connectivity index (χ3n) is 5.85. The number of nitrogens with one attached hydrogen (secondary N) is 1. The number of rotatable bonds is 6. The molecule has 3 aromatic rings. The summed E-state index contributed by atoms with van der Waals surface area (Å²) in [6.07, 6.45) is 2.05. The van der Waals surface area contributed by atoms with Crippen LogP contribution in [-0.2, 0) is 23.0 Å². The van der Waals surface area contributed by atoms with Crippen LogP contribution in [0.1, 0.15) is 24.5 Å². The molecular weight excluding hydrogens is 380 g/mol. The van der Waals surface area contributed by atoms with Crippen LogP contribution in [0, 0.1) is 0 Å². The molecule has 0 radical (unpaired) electrons. The molecule has 1 aliphatic rings. The van der Waals surface area contributed by atoms with Crippen molar-refractivity contribution in [3.8, 4) is 0 Å². The lowest BCUT2D eigenvalue weighted by molar-refractivity contribution is -0.917. The number of benzene rings is 3. The Kier molecular flexibility index (Phi) is 5.99. The molecule has 152 valence electrons. The first-order chi connectivity index (χ1) is 14.1. The summed E-state index contributed by atoms with van der Waals surface area (Å²) in [5.41, 5.74) is 2.52. The Morgan fingerprint density at radius 3 is 2.31 bits per heavy atom. The second-order valence-corrected chi connectivity index (χ2v) is 9.80. The maximum Gasteiger partial charge on any atom is 0.243 e. The van der Waals surface area contributed by atoms with Crippen LogP contribution in [0.4, 0.5) is 0 Å². The van der Waals surface area contributed by atoms with Gasteiger partial charge in [-0.3, -0.25) is 0 Å². The fourth-order valence-corrected chi connectivity index (χ4v) is 5.64. The standard InChI is InChI=1S/C24H28N2O2S/c1-2-6-20-11-13-23(14-12-20)29(27,28)26-17-15-25(16-18-26)19-22-9-5-8-21-7-3-4-10-24(21)22/h3-5,7-14H,2,6,15-19H2,1H3/p+1. The van der Waals surface area contributed by atoms with Gasteiger partial charge in [0.1, 0.15) is 6.54 Å². The van der Waals surface area contributed by atoms with Crippen molar-refractivity contribution in [3.05, 3.63) is 77.9 Å². The van der Waals surface area contributed by atoms with Gasteiger partial charge in [0.25, 0.3) is 0 Å². The summed E-state index contributed by atoms with van der Waals surface area (Å²) in [6.45, 7) is 5.86. The molecule has 0 amide bonds. The number of nitrogens with zero attached hydrogens (tertiary/aromatic N) is 1. The lowest BCUT2D eigenvalue weighted by Gasteiger charge is -2.31. The van der Waals surface area contributed by atoms with Crippen molar-refractivity contribution in [3.63, 3.8) is 0 Å². The van der Waals surface area contributed by atoms with E-state index in [9.17, 15) is 8.42 Å². The molecule has 0 bridgehead atoms. The fourth-order valence-electron chi connectivity index (χ4n) is 4.20. The SMILES string of the molecule is CCCc1ccc(S(=O)(=O)N2CC[NH+](Cc3cccc4ccccc34)CC2)cc1. The number of quaternary nitrogens is 1. The van der Waals surface area contributed by atoms with E-state index in [0.29, 0.717) is 18.0 Å². The highest BCUT2D eigenvalue weighted by molar-refractivity contribution is 7.89. The molecule has 5 heteroatoms. The molecule has 1 fully saturated rings. The Balaban J connectivity index is 1.42. The van der Waals surface area contributed by atoms with Crippen LogP contribution in [0.2, 0.25) is 0 Å². The minimum Gasteiger partial charge on any atom is -0.329 e. The number of hydrogen-bond acceptors (Lipinski definition) is 2. The topological polar surface area (TPSA) is 41.8 Å². The lowest BCUT2D eigenvalue weighted by Crippen LogP contribution is -3.13. The average Bonchev–Trinajstić information content (AvgIpc) is 2.75. The summed E-state index contributed by atoms with van der Waals surface area (Å²) in [5, 5.41) is 2.56. The molecule has 29 heavy (non-hydrogen) atoms. The second kappa shape index (κ2) is 8.66. The molecule has 0 aliphatic carbocycles. The Morgan fingerprint density at radius 2 is 1.59 bits per heavy atom. The first-order valence-electron chi connectivity index (χ1n) is 10.5. The third-order valence-corrected chi connectivity index (χ3v) is 7.76. The van der Waals surface area contributed by atoms with Crippen molar-refractivity contribution in [2.24, 2.45) is 0 Å². The molecule has 0 atom stereocenters. The maximum atomic E-state index is 13.0. The van der Waals surface area contributed by atoms with Crippen LogP contribution in [0.15, 0.2) is 71.6 Å². The fraction of sp³-hybridized carbons (Fsp3) is 0.333. The summed E-state index contributed by atoms with van der Waals surface area (Å²) in [5.74, 6) is 0. The molecule has 0 aromatic heterocycles. The van der Waals surface area contributed by atoms with E-state index >= 15 is 0 Å². The van der Waals surface area contributed by atoms with Crippen molar-refractivity contribution in [2.75, 3.05) is 26.2 Å². The molecule has 1 aliphatic heterocycles. The van der Waals surface area contributed by atoms with E-state index in [1.165, 1.54) is 26.8 Å². The van der Waals surface area contributed by atoms with Gasteiger partial charge in [0.05, 0.1) is 31.1 Å². The van der Waals surface area contributed by atoms with Crippen LogP contribution in [0.5, 0.6) is 0 Å². The van der Waals surface area contributed by atoms with Crippen LogP contribution in [-0.4, -0.2) is 38.9 Å². The summed E-state index contributed by atoms with van der Waals surface area (Å²) in [7, 11) is -3.40. The second-order valence-electron chi connectivity index (χ2n) is 7.86. The molecule has 0 spiro atoms. The summed E-state index contributed by atoms with van der Waals surface area (Å²) in [4.78, 5) is 1.85. The quantitative estimate of drug-likeness (QED) is 0.680. The van der Waals surface area contributed by atoms with Crippen LogP contribution in [0.25, 0.3) is 10.8 Å². The van der Waals surface area contributed by atoms with Crippen molar-refractivity contribution in [1.29, 1.82) is 0 Å². The van der Waals surface area contributed by atoms with E-state index in [-0.39, 0.29) is 0 Å². The smallest absolute Gasteiger partial charge is 0.243 e. The van der Waals surface area contributed by atoms with E-state index < -0.39 is 10.0 Å². The zero-order valence-electron chi connectivity index (χ0n) is 17.0. The predicted octanol–water partition coefficient (Wildman–Crippen LogP) is 2.88. The summed E-state index contributed by atoms with van der Waals surface area (Å²) >= 11 is 0. The van der Waals surface area contributed by atoms with Crippen molar-refractivity contribution in [2.45, 2.75) is 31.2 Å². The summed E-state index contributed by atoms with van der Waals surface area (Å²) < 4.78 is 27.7. The number of sulfonamides is 1. The Bertz CT molecular complexity index is 1060. The number of hydrogen-bond donors (Lipinski definition) is 1. The molecule has 4 rings (SSSR count). The number of aryl methyl sites for hydroxylation is 1. The first kappa shape index (κ1) is 20.1. The minimum atomic E-state index is -3.40. The number of fused-ring (bicyclic) bond motifs is 1. The normalized spacial score (nSPS) is 16.3. The van der Waals surface area contributed by atoms with Gasteiger partial charge >= 0.3 is 0 Å². The monoisotopic (exact) mass is 409 g/mol. The van der Waals surface area contributed by atoms with Gasteiger partial charge in [-0.05, 0) is 34.9 Å². The molecule has 4 nitrogen and oxygen atoms in total. The number of piperazine rings is 1. The maximum absolute atomic E-state index is 13.0. The predicted molar refractivity (Wildman–Crippen MR) is 118 cm³/mol. The van der Waals surface area contributed by atoms with Gasteiger partial charge in [-0.15, -0.1) is 0 Å². The molecule has 3 aromatic carbocycles. The lowest BCUT2D eigenvalue weighted by atomic mass is 10.0. The zero-order valence-corrected chi connectivity index (χ0v) is 17.8. The van der Waals surface area contributed by atoms with Crippen molar-refractivity contribution >= 4 is 20.8 Å². The molecular formula is C24H29N2O2S+.